The fraction of sp³-hybridized carbons (Fsp3) is 0.300. The quantitative estimate of drug-likeness (QED) is 0.849. The molecule has 24 heavy (non-hydrogen) atoms. The van der Waals surface area contributed by atoms with Gasteiger partial charge in [0, 0.05) is 23.0 Å². The lowest BCUT2D eigenvalue weighted by molar-refractivity contribution is -0.120. The summed E-state index contributed by atoms with van der Waals surface area (Å²) in [5.41, 5.74) is 3.33. The smallest absolute Gasteiger partial charge is 0.227 e. The van der Waals surface area contributed by atoms with Crippen molar-refractivity contribution in [2.45, 2.75) is 32.1 Å². The van der Waals surface area contributed by atoms with Crippen LogP contribution in [-0.2, 0) is 4.79 Å². The van der Waals surface area contributed by atoms with Crippen molar-refractivity contribution in [3.63, 3.8) is 0 Å². The zero-order chi connectivity index (χ0) is 16.8. The number of nitrogens with zero attached hydrogens (tertiary/aromatic N) is 1. The molecule has 3 rings (SSSR count). The molecule has 0 heterocycles. The van der Waals surface area contributed by atoms with Gasteiger partial charge in [0.05, 0.1) is 11.6 Å². The second-order valence-corrected chi connectivity index (χ2v) is 6.22. The van der Waals surface area contributed by atoms with Gasteiger partial charge in [0.1, 0.15) is 0 Å². The average molecular weight is 319 g/mol. The highest BCUT2D eigenvalue weighted by molar-refractivity contribution is 5.92. The van der Waals surface area contributed by atoms with Gasteiger partial charge in [-0.15, -0.1) is 0 Å². The Hall–Kier alpha value is -2.80. The average Bonchev–Trinajstić information content (AvgIpc) is 2.65. The Balaban J connectivity index is 1.58. The van der Waals surface area contributed by atoms with Gasteiger partial charge >= 0.3 is 0 Å². The van der Waals surface area contributed by atoms with Gasteiger partial charge in [-0.1, -0.05) is 19.3 Å². The molecular formula is C20H21N3O. The molecule has 1 aliphatic carbocycles. The van der Waals surface area contributed by atoms with Crippen molar-refractivity contribution < 1.29 is 4.79 Å². The van der Waals surface area contributed by atoms with Gasteiger partial charge in [-0.3, -0.25) is 4.79 Å². The highest BCUT2D eigenvalue weighted by atomic mass is 16.1. The Labute approximate surface area is 142 Å². The maximum absolute atomic E-state index is 12.3. The molecular weight excluding hydrogens is 298 g/mol. The van der Waals surface area contributed by atoms with Crippen LogP contribution in [0, 0.1) is 17.2 Å². The maximum Gasteiger partial charge on any atom is 0.227 e. The molecule has 0 saturated heterocycles. The third-order valence-corrected chi connectivity index (χ3v) is 4.43. The van der Waals surface area contributed by atoms with E-state index in [1.807, 2.05) is 36.4 Å². The number of hydrogen-bond acceptors (Lipinski definition) is 3. The van der Waals surface area contributed by atoms with Crippen LogP contribution in [0.3, 0.4) is 0 Å². The predicted octanol–water partition coefficient (Wildman–Crippen LogP) is 4.82. The van der Waals surface area contributed by atoms with Crippen molar-refractivity contribution in [3.8, 4) is 6.07 Å². The van der Waals surface area contributed by atoms with Crippen molar-refractivity contribution in [1.29, 1.82) is 5.26 Å². The van der Waals surface area contributed by atoms with Crippen molar-refractivity contribution in [3.05, 3.63) is 54.1 Å². The lowest BCUT2D eigenvalue weighted by Crippen LogP contribution is -2.24. The molecule has 4 heteroatoms. The van der Waals surface area contributed by atoms with Gasteiger partial charge in [-0.25, -0.2) is 0 Å². The van der Waals surface area contributed by atoms with Gasteiger partial charge in [-0.2, -0.15) is 5.26 Å². The lowest BCUT2D eigenvalue weighted by Gasteiger charge is -2.20. The standard InChI is InChI=1S/C20H21N3O/c21-14-15-6-8-17(9-7-15)22-18-10-12-19(13-11-18)23-20(24)16-4-2-1-3-5-16/h6-13,16,22H,1-5H2,(H,23,24). The number of nitriles is 1. The summed E-state index contributed by atoms with van der Waals surface area (Å²) in [4.78, 5) is 12.3. The van der Waals surface area contributed by atoms with Crippen molar-refractivity contribution in [2.24, 2.45) is 5.92 Å². The van der Waals surface area contributed by atoms with Gasteiger partial charge < -0.3 is 10.6 Å². The minimum Gasteiger partial charge on any atom is -0.356 e. The lowest BCUT2D eigenvalue weighted by atomic mass is 9.88. The second kappa shape index (κ2) is 7.65. The summed E-state index contributed by atoms with van der Waals surface area (Å²) in [5, 5.41) is 15.1. The molecule has 1 amide bonds. The van der Waals surface area contributed by atoms with E-state index in [-0.39, 0.29) is 11.8 Å². The molecule has 0 atom stereocenters. The zero-order valence-corrected chi connectivity index (χ0v) is 13.6. The molecule has 2 aromatic rings. The van der Waals surface area contributed by atoms with Crippen LogP contribution < -0.4 is 10.6 Å². The predicted molar refractivity (Wildman–Crippen MR) is 96.1 cm³/mol. The molecule has 122 valence electrons. The molecule has 0 aliphatic heterocycles. The van der Waals surface area contributed by atoms with Crippen LogP contribution in [-0.4, -0.2) is 5.91 Å². The number of carbonyl (C=O) groups excluding carboxylic acids is 1. The maximum atomic E-state index is 12.3. The largest absolute Gasteiger partial charge is 0.356 e. The van der Waals surface area contributed by atoms with E-state index in [1.165, 1.54) is 6.42 Å². The third-order valence-electron chi connectivity index (χ3n) is 4.43. The zero-order valence-electron chi connectivity index (χ0n) is 13.6. The van der Waals surface area contributed by atoms with Crippen LogP contribution in [0.4, 0.5) is 17.1 Å². The Morgan fingerprint density at radius 3 is 2.00 bits per heavy atom. The summed E-state index contributed by atoms with van der Waals surface area (Å²) in [6, 6.07) is 17.1. The SMILES string of the molecule is N#Cc1ccc(Nc2ccc(NC(=O)C3CCCCC3)cc2)cc1. The van der Waals surface area contributed by atoms with Crippen LogP contribution in [0.25, 0.3) is 0 Å². The van der Waals surface area contributed by atoms with E-state index in [1.54, 1.807) is 12.1 Å². The summed E-state index contributed by atoms with van der Waals surface area (Å²) >= 11 is 0. The molecule has 0 radical (unpaired) electrons. The van der Waals surface area contributed by atoms with Crippen LogP contribution in [0.1, 0.15) is 37.7 Å². The Morgan fingerprint density at radius 1 is 0.875 bits per heavy atom. The molecule has 0 spiro atoms. The first-order valence-electron chi connectivity index (χ1n) is 8.43. The molecule has 0 aromatic heterocycles. The van der Waals surface area contributed by atoms with Crippen molar-refractivity contribution in [2.75, 3.05) is 10.6 Å². The summed E-state index contributed by atoms with van der Waals surface area (Å²) in [6.07, 6.45) is 5.57. The highest BCUT2D eigenvalue weighted by Crippen LogP contribution is 2.25. The molecule has 0 unspecified atom stereocenters. The van der Waals surface area contributed by atoms with Crippen LogP contribution in [0.2, 0.25) is 0 Å². The second-order valence-electron chi connectivity index (χ2n) is 6.22. The van der Waals surface area contributed by atoms with E-state index in [0.29, 0.717) is 5.56 Å². The summed E-state index contributed by atoms with van der Waals surface area (Å²) < 4.78 is 0. The number of amides is 1. The van der Waals surface area contributed by atoms with Gasteiger partial charge in [0.2, 0.25) is 5.91 Å². The molecule has 1 saturated carbocycles. The van der Waals surface area contributed by atoms with Crippen molar-refractivity contribution >= 4 is 23.0 Å². The number of rotatable bonds is 4. The van der Waals surface area contributed by atoms with Crippen LogP contribution in [0.5, 0.6) is 0 Å². The Bertz CT molecular complexity index is 723. The van der Waals surface area contributed by atoms with Gasteiger partial charge in [-0.05, 0) is 61.4 Å². The topological polar surface area (TPSA) is 64.9 Å². The Kier molecular flexibility index (Phi) is 5.12. The summed E-state index contributed by atoms with van der Waals surface area (Å²) in [5.74, 6) is 0.303. The first kappa shape index (κ1) is 16.1. The minimum absolute atomic E-state index is 0.141. The number of nitrogens with one attached hydrogen (secondary N) is 2. The fourth-order valence-electron chi connectivity index (χ4n) is 3.04. The monoisotopic (exact) mass is 319 g/mol. The number of anilines is 3. The molecule has 2 N–H and O–H groups in total. The Morgan fingerprint density at radius 2 is 1.42 bits per heavy atom. The molecule has 4 nitrogen and oxygen atoms in total. The first-order valence-corrected chi connectivity index (χ1v) is 8.43. The minimum atomic E-state index is 0.141. The van der Waals surface area contributed by atoms with E-state index in [9.17, 15) is 4.79 Å². The van der Waals surface area contributed by atoms with E-state index in [2.05, 4.69) is 16.7 Å². The van der Waals surface area contributed by atoms with E-state index >= 15 is 0 Å². The molecule has 1 fully saturated rings. The van der Waals surface area contributed by atoms with Gasteiger partial charge in [0.15, 0.2) is 0 Å². The first-order chi connectivity index (χ1) is 11.7. The van der Waals surface area contributed by atoms with Crippen molar-refractivity contribution in [1.82, 2.24) is 0 Å². The van der Waals surface area contributed by atoms with Crippen LogP contribution in [0.15, 0.2) is 48.5 Å². The normalized spacial score (nSPS) is 14.6. The number of carbonyl (C=O) groups is 1. The molecule has 2 aromatic carbocycles. The summed E-state index contributed by atoms with van der Waals surface area (Å²) in [6.45, 7) is 0. The van der Waals surface area contributed by atoms with Gasteiger partial charge in [0.25, 0.3) is 0 Å². The third kappa shape index (κ3) is 4.14. The number of benzene rings is 2. The fourth-order valence-corrected chi connectivity index (χ4v) is 3.04. The van der Waals surface area contributed by atoms with E-state index in [0.717, 1.165) is 42.7 Å². The van der Waals surface area contributed by atoms with E-state index in [4.69, 9.17) is 5.26 Å². The van der Waals surface area contributed by atoms with Crippen LogP contribution >= 0.6 is 0 Å². The molecule has 1 aliphatic rings. The molecule has 0 bridgehead atoms. The number of hydrogen-bond donors (Lipinski definition) is 2. The summed E-state index contributed by atoms with van der Waals surface area (Å²) in [7, 11) is 0. The highest BCUT2D eigenvalue weighted by Gasteiger charge is 2.20. The van der Waals surface area contributed by atoms with E-state index < -0.39 is 0 Å².